The van der Waals surface area contributed by atoms with E-state index < -0.39 is 65.1 Å². The number of Topliss-reactive ketones (excluding diaryl/α,β-unsaturated/α-hetero) is 1. The van der Waals surface area contributed by atoms with Crippen LogP contribution in [-0.4, -0.2) is 83.8 Å². The standard InChI is InChI=1S/C37H59N5O7/c1-10-12-13-24(28(43)32(45)38-18-11-2)39-31(44)27-25-23(37(25,8)9)19-42(27)33(46)30(36(5,6)7)41-35(48)40-26(20(3)4)34(47)49-29(21-14-15-21)22-16-17-22/h11,20-27,29-30H,2,10,12-19H2,1,3-9H3,(H,38,45)(H,39,44)(H2,40,41,48)/t23-,24?,25-,26-,27-,30+/m0/s1. The summed E-state index contributed by atoms with van der Waals surface area (Å²) in [5.41, 5.74) is -0.952. The van der Waals surface area contributed by atoms with Crippen LogP contribution in [0.5, 0.6) is 0 Å². The molecule has 0 aromatic heterocycles. The Morgan fingerprint density at radius 3 is 2.10 bits per heavy atom. The lowest BCUT2D eigenvalue weighted by molar-refractivity contribution is -0.155. The minimum Gasteiger partial charge on any atom is -0.460 e. The Hall–Kier alpha value is -3.44. The second-order valence-corrected chi connectivity index (χ2v) is 16.7. The summed E-state index contributed by atoms with van der Waals surface area (Å²) in [5.74, 6) is -2.43. The van der Waals surface area contributed by atoms with E-state index in [1.807, 2.05) is 41.5 Å². The first-order valence-corrected chi connectivity index (χ1v) is 18.2. The van der Waals surface area contributed by atoms with Crippen molar-refractivity contribution in [3.8, 4) is 0 Å². The SMILES string of the molecule is C=CCNC(=O)C(=O)C(CCCC)NC(=O)[C@@H]1[C@@H]2[C@H](CN1C(=O)[C@@H](NC(=O)N[C@H](C(=O)OC(C1CC1)C1CC1)C(C)C)C(C)(C)C)C2(C)C. The molecule has 3 saturated carbocycles. The van der Waals surface area contributed by atoms with E-state index >= 15 is 0 Å². The van der Waals surface area contributed by atoms with Crippen LogP contribution in [0.3, 0.4) is 0 Å². The van der Waals surface area contributed by atoms with Crippen LogP contribution in [0.15, 0.2) is 12.7 Å². The highest BCUT2D eigenvalue weighted by Gasteiger charge is 2.70. The van der Waals surface area contributed by atoms with Crippen molar-refractivity contribution < 1.29 is 33.5 Å². The monoisotopic (exact) mass is 685 g/mol. The van der Waals surface area contributed by atoms with E-state index in [1.54, 1.807) is 0 Å². The van der Waals surface area contributed by atoms with Gasteiger partial charge in [0.15, 0.2) is 0 Å². The summed E-state index contributed by atoms with van der Waals surface area (Å²) in [6.45, 7) is 19.2. The molecule has 0 radical (unpaired) electrons. The Kier molecular flexibility index (Phi) is 11.9. The summed E-state index contributed by atoms with van der Waals surface area (Å²) < 4.78 is 5.95. The van der Waals surface area contributed by atoms with E-state index in [0.717, 1.165) is 32.1 Å². The van der Waals surface area contributed by atoms with Gasteiger partial charge in [-0.2, -0.15) is 0 Å². The van der Waals surface area contributed by atoms with E-state index in [9.17, 15) is 28.8 Å². The molecule has 6 atom stereocenters. The van der Waals surface area contributed by atoms with Crippen LogP contribution in [0.4, 0.5) is 4.79 Å². The Morgan fingerprint density at radius 1 is 0.980 bits per heavy atom. The van der Waals surface area contributed by atoms with Gasteiger partial charge in [-0.25, -0.2) is 9.59 Å². The van der Waals surface area contributed by atoms with E-state index in [2.05, 4.69) is 41.7 Å². The molecule has 4 rings (SSSR count). The van der Waals surface area contributed by atoms with Crippen LogP contribution in [0.1, 0.15) is 100 Å². The number of hydrogen-bond donors (Lipinski definition) is 4. The zero-order chi connectivity index (χ0) is 36.4. The number of nitrogens with zero attached hydrogens (tertiary/aromatic N) is 1. The van der Waals surface area contributed by atoms with Crippen LogP contribution >= 0.6 is 0 Å². The number of hydrogen-bond acceptors (Lipinski definition) is 7. The molecule has 0 aromatic rings. The average molecular weight is 686 g/mol. The van der Waals surface area contributed by atoms with Gasteiger partial charge in [0.1, 0.15) is 24.2 Å². The van der Waals surface area contributed by atoms with Gasteiger partial charge in [-0.1, -0.05) is 74.3 Å². The lowest BCUT2D eigenvalue weighted by atomic mass is 9.85. The maximum atomic E-state index is 14.4. The number of rotatable bonds is 17. The first-order valence-electron chi connectivity index (χ1n) is 18.2. The van der Waals surface area contributed by atoms with Crippen molar-refractivity contribution in [3.63, 3.8) is 0 Å². The first-order chi connectivity index (χ1) is 22.9. The number of ketones is 1. The van der Waals surface area contributed by atoms with E-state index in [-0.39, 0.29) is 42.2 Å². The molecule has 1 unspecified atom stereocenters. The molecular formula is C37H59N5O7. The Balaban J connectivity index is 1.49. The van der Waals surface area contributed by atoms with Crippen molar-refractivity contribution in [1.29, 1.82) is 0 Å². The fourth-order valence-electron chi connectivity index (χ4n) is 7.42. The molecule has 0 aromatic carbocycles. The van der Waals surface area contributed by atoms with Gasteiger partial charge in [-0.3, -0.25) is 19.2 Å². The Labute approximate surface area is 291 Å². The quantitative estimate of drug-likeness (QED) is 0.104. The van der Waals surface area contributed by atoms with Crippen molar-refractivity contribution in [1.82, 2.24) is 26.2 Å². The van der Waals surface area contributed by atoms with Crippen LogP contribution in [0.2, 0.25) is 0 Å². The first kappa shape index (κ1) is 38.4. The normalized spacial score (nSPS) is 24.3. The van der Waals surface area contributed by atoms with Crippen LogP contribution in [0, 0.1) is 40.4 Å². The van der Waals surface area contributed by atoms with E-state index in [1.165, 1.54) is 11.0 Å². The van der Waals surface area contributed by atoms with Gasteiger partial charge in [-0.15, -0.1) is 6.58 Å². The molecule has 12 heteroatoms. The number of carbonyl (C=O) groups excluding carboxylic acids is 6. The smallest absolute Gasteiger partial charge is 0.329 e. The molecule has 4 fully saturated rings. The maximum Gasteiger partial charge on any atom is 0.329 e. The molecule has 274 valence electrons. The third kappa shape index (κ3) is 9.03. The van der Waals surface area contributed by atoms with Crippen LogP contribution < -0.4 is 21.3 Å². The fourth-order valence-corrected chi connectivity index (χ4v) is 7.42. The van der Waals surface area contributed by atoms with Gasteiger partial charge in [0.25, 0.3) is 5.91 Å². The minimum atomic E-state index is -1.04. The van der Waals surface area contributed by atoms with Crippen molar-refractivity contribution in [2.45, 2.75) is 131 Å². The third-order valence-corrected chi connectivity index (χ3v) is 10.9. The number of esters is 1. The third-order valence-electron chi connectivity index (χ3n) is 10.9. The molecule has 1 saturated heterocycles. The predicted molar refractivity (Wildman–Crippen MR) is 185 cm³/mol. The van der Waals surface area contributed by atoms with Crippen molar-refractivity contribution in [2.24, 2.45) is 40.4 Å². The Morgan fingerprint density at radius 2 is 1.59 bits per heavy atom. The lowest BCUT2D eigenvalue weighted by Crippen LogP contribution is -2.62. The summed E-state index contributed by atoms with van der Waals surface area (Å²) >= 11 is 0. The van der Waals surface area contributed by atoms with Crippen molar-refractivity contribution >= 4 is 35.5 Å². The summed E-state index contributed by atoms with van der Waals surface area (Å²) in [6.07, 6.45) is 7.25. The molecule has 3 aliphatic carbocycles. The number of ether oxygens (including phenoxy) is 1. The number of unbranched alkanes of at least 4 members (excludes halogenated alkanes) is 1. The average Bonchev–Trinajstić information content (AvgIpc) is 3.97. The summed E-state index contributed by atoms with van der Waals surface area (Å²) in [6, 6.07) is -4.50. The fraction of sp³-hybridized carbons (Fsp3) is 0.784. The molecule has 49 heavy (non-hydrogen) atoms. The predicted octanol–water partition coefficient (Wildman–Crippen LogP) is 3.49. The summed E-state index contributed by atoms with van der Waals surface area (Å²) in [7, 11) is 0. The summed E-state index contributed by atoms with van der Waals surface area (Å²) in [5, 5.41) is 10.9. The molecule has 0 spiro atoms. The van der Waals surface area contributed by atoms with Gasteiger partial charge < -0.3 is 30.9 Å². The van der Waals surface area contributed by atoms with Gasteiger partial charge in [0.05, 0.1) is 6.04 Å². The number of nitrogens with one attached hydrogen (secondary N) is 4. The second-order valence-electron chi connectivity index (χ2n) is 16.7. The molecule has 0 bridgehead atoms. The van der Waals surface area contributed by atoms with Crippen LogP contribution in [-0.2, 0) is 28.7 Å². The number of fused-ring (bicyclic) bond motifs is 1. The second kappa shape index (κ2) is 15.2. The highest BCUT2D eigenvalue weighted by atomic mass is 16.5. The molecule has 1 aliphatic heterocycles. The van der Waals surface area contributed by atoms with E-state index in [4.69, 9.17) is 4.74 Å². The highest BCUT2D eigenvalue weighted by molar-refractivity contribution is 6.38. The molecule has 4 N–H and O–H groups in total. The van der Waals surface area contributed by atoms with Gasteiger partial charge in [0, 0.05) is 13.1 Å². The number of piperidine rings is 1. The minimum absolute atomic E-state index is 0.0632. The molecule has 4 aliphatic rings. The zero-order valence-corrected chi connectivity index (χ0v) is 30.7. The zero-order valence-electron chi connectivity index (χ0n) is 30.7. The topological polar surface area (TPSA) is 163 Å². The molecular weight excluding hydrogens is 626 g/mol. The molecule has 5 amide bonds. The van der Waals surface area contributed by atoms with Crippen molar-refractivity contribution in [2.75, 3.05) is 13.1 Å². The van der Waals surface area contributed by atoms with E-state index in [0.29, 0.717) is 24.8 Å². The highest BCUT2D eigenvalue weighted by Crippen LogP contribution is 2.65. The van der Waals surface area contributed by atoms with Crippen molar-refractivity contribution in [3.05, 3.63) is 12.7 Å². The number of carbonyl (C=O) groups is 6. The van der Waals surface area contributed by atoms with Gasteiger partial charge >= 0.3 is 12.0 Å². The maximum absolute atomic E-state index is 14.4. The van der Waals surface area contributed by atoms with Gasteiger partial charge in [-0.05, 0) is 72.5 Å². The Bertz CT molecular complexity index is 1290. The number of amides is 5. The molecule has 1 heterocycles. The number of likely N-dealkylation sites (tertiary alicyclic amines) is 1. The summed E-state index contributed by atoms with van der Waals surface area (Å²) in [4.78, 5) is 82.4. The largest absolute Gasteiger partial charge is 0.460 e. The number of urea groups is 1. The van der Waals surface area contributed by atoms with Gasteiger partial charge in [0.2, 0.25) is 17.6 Å². The lowest BCUT2D eigenvalue weighted by Gasteiger charge is -2.38. The molecule has 12 nitrogen and oxygen atoms in total. The van der Waals surface area contributed by atoms with Crippen LogP contribution in [0.25, 0.3) is 0 Å².